The number of amides is 1. The van der Waals surface area contributed by atoms with E-state index < -0.39 is 5.97 Å². The molecule has 0 spiro atoms. The van der Waals surface area contributed by atoms with E-state index in [0.717, 1.165) is 11.1 Å². The number of aryl methyl sites for hydroxylation is 1. The Labute approximate surface area is 141 Å². The minimum Gasteiger partial charge on any atom is -0.496 e. The van der Waals surface area contributed by atoms with Crippen LogP contribution in [0.5, 0.6) is 5.75 Å². The van der Waals surface area contributed by atoms with E-state index in [4.69, 9.17) is 9.47 Å². The van der Waals surface area contributed by atoms with Crippen molar-refractivity contribution < 1.29 is 19.1 Å². The molecular weight excluding hydrogens is 306 g/mol. The van der Waals surface area contributed by atoms with E-state index in [1.54, 1.807) is 12.1 Å². The molecule has 0 aliphatic heterocycles. The van der Waals surface area contributed by atoms with Crippen LogP contribution in [0, 0.1) is 0 Å². The van der Waals surface area contributed by atoms with Gasteiger partial charge >= 0.3 is 5.97 Å². The number of ether oxygens (including phenoxy) is 2. The predicted molar refractivity (Wildman–Crippen MR) is 90.9 cm³/mol. The Morgan fingerprint density at radius 2 is 1.75 bits per heavy atom. The molecule has 0 bridgehead atoms. The lowest BCUT2D eigenvalue weighted by atomic mass is 10.1. The van der Waals surface area contributed by atoms with Gasteiger partial charge in [0.25, 0.3) is 0 Å². The van der Waals surface area contributed by atoms with Crippen LogP contribution in [0.3, 0.4) is 0 Å². The molecule has 0 heterocycles. The first-order chi connectivity index (χ1) is 11.6. The molecule has 0 atom stereocenters. The summed E-state index contributed by atoms with van der Waals surface area (Å²) in [5, 5.41) is 2.86. The van der Waals surface area contributed by atoms with Gasteiger partial charge < -0.3 is 14.8 Å². The van der Waals surface area contributed by atoms with Crippen LogP contribution in [0.15, 0.2) is 48.5 Å². The Morgan fingerprint density at radius 1 is 1.00 bits per heavy atom. The summed E-state index contributed by atoms with van der Waals surface area (Å²) in [6.07, 6.45) is 1.12. The molecule has 5 nitrogen and oxygen atoms in total. The van der Waals surface area contributed by atoms with Crippen LogP contribution in [0.1, 0.15) is 27.9 Å². The smallest absolute Gasteiger partial charge is 0.341 e. The summed E-state index contributed by atoms with van der Waals surface area (Å²) in [4.78, 5) is 23.7. The number of esters is 1. The fraction of sp³-hybridized carbons (Fsp3) is 0.263. The molecule has 126 valence electrons. The summed E-state index contributed by atoms with van der Waals surface area (Å²) < 4.78 is 9.89. The van der Waals surface area contributed by atoms with Crippen molar-refractivity contribution in [2.24, 2.45) is 0 Å². The molecule has 0 aromatic heterocycles. The maximum absolute atomic E-state index is 12.0. The van der Waals surface area contributed by atoms with E-state index in [0.29, 0.717) is 30.7 Å². The van der Waals surface area contributed by atoms with Crippen molar-refractivity contribution >= 4 is 11.9 Å². The largest absolute Gasteiger partial charge is 0.496 e. The van der Waals surface area contributed by atoms with Crippen molar-refractivity contribution in [1.29, 1.82) is 0 Å². The summed E-state index contributed by atoms with van der Waals surface area (Å²) >= 11 is 0. The highest BCUT2D eigenvalue weighted by Crippen LogP contribution is 2.20. The quantitative estimate of drug-likeness (QED) is 0.794. The minimum absolute atomic E-state index is 0.0331. The zero-order valence-corrected chi connectivity index (χ0v) is 13.9. The third-order valence-electron chi connectivity index (χ3n) is 3.64. The standard InChI is InChI=1S/C19H21NO4/c1-23-17-10-8-15(12-16(17)19(22)24-2)13-20-18(21)11-9-14-6-4-3-5-7-14/h3-8,10,12H,9,11,13H2,1-2H3,(H,20,21). The Bertz CT molecular complexity index is 698. The van der Waals surface area contributed by atoms with Crippen LogP contribution in [0.2, 0.25) is 0 Å². The first-order valence-corrected chi connectivity index (χ1v) is 7.70. The van der Waals surface area contributed by atoms with Gasteiger partial charge in [0.2, 0.25) is 5.91 Å². The van der Waals surface area contributed by atoms with Gasteiger partial charge in [-0.05, 0) is 29.7 Å². The molecule has 0 saturated heterocycles. The molecule has 5 heteroatoms. The molecule has 0 aliphatic carbocycles. The predicted octanol–water partition coefficient (Wildman–Crippen LogP) is 2.73. The SMILES string of the molecule is COC(=O)c1cc(CNC(=O)CCc2ccccc2)ccc1OC. The van der Waals surface area contributed by atoms with Crippen molar-refractivity contribution in [2.45, 2.75) is 19.4 Å². The average Bonchev–Trinajstić information content (AvgIpc) is 2.64. The van der Waals surface area contributed by atoms with Crippen LogP contribution >= 0.6 is 0 Å². The maximum atomic E-state index is 12.0. The highest BCUT2D eigenvalue weighted by Gasteiger charge is 2.13. The molecule has 0 radical (unpaired) electrons. The summed E-state index contributed by atoms with van der Waals surface area (Å²) in [6, 6.07) is 15.0. The molecule has 0 fully saturated rings. The Morgan fingerprint density at radius 3 is 2.42 bits per heavy atom. The number of rotatable bonds is 7. The van der Waals surface area contributed by atoms with Crippen molar-refractivity contribution in [2.75, 3.05) is 14.2 Å². The van der Waals surface area contributed by atoms with Crippen LogP contribution in [0.25, 0.3) is 0 Å². The third kappa shape index (κ3) is 4.84. The van der Waals surface area contributed by atoms with Crippen LogP contribution < -0.4 is 10.1 Å². The first-order valence-electron chi connectivity index (χ1n) is 7.70. The van der Waals surface area contributed by atoms with Gasteiger partial charge in [-0.15, -0.1) is 0 Å². The van der Waals surface area contributed by atoms with Gasteiger partial charge in [-0.25, -0.2) is 4.79 Å². The topological polar surface area (TPSA) is 64.6 Å². The Kier molecular flexibility index (Phi) is 6.37. The summed E-state index contributed by atoms with van der Waals surface area (Å²) in [5.74, 6) is -0.0561. The summed E-state index contributed by atoms with van der Waals surface area (Å²) in [5.41, 5.74) is 2.28. The van der Waals surface area contributed by atoms with E-state index in [9.17, 15) is 9.59 Å². The lowest BCUT2D eigenvalue weighted by Gasteiger charge is -2.10. The van der Waals surface area contributed by atoms with Gasteiger partial charge in [0.05, 0.1) is 14.2 Å². The van der Waals surface area contributed by atoms with Gasteiger partial charge in [-0.3, -0.25) is 4.79 Å². The fourth-order valence-electron chi connectivity index (χ4n) is 2.33. The average molecular weight is 327 g/mol. The zero-order chi connectivity index (χ0) is 17.4. The van der Waals surface area contributed by atoms with Crippen LogP contribution in [-0.4, -0.2) is 26.1 Å². The number of hydrogen-bond donors (Lipinski definition) is 1. The van der Waals surface area contributed by atoms with Gasteiger partial charge in [0.1, 0.15) is 11.3 Å². The van der Waals surface area contributed by atoms with E-state index in [2.05, 4.69) is 5.32 Å². The number of benzene rings is 2. The molecule has 2 aromatic carbocycles. The number of nitrogens with one attached hydrogen (secondary N) is 1. The zero-order valence-electron chi connectivity index (χ0n) is 13.9. The summed E-state index contributed by atoms with van der Waals surface area (Å²) in [7, 11) is 2.81. The molecule has 2 rings (SSSR count). The van der Waals surface area contributed by atoms with Crippen molar-refractivity contribution in [1.82, 2.24) is 5.32 Å². The Hall–Kier alpha value is -2.82. The van der Waals surface area contributed by atoms with Crippen molar-refractivity contribution in [3.05, 3.63) is 65.2 Å². The van der Waals surface area contributed by atoms with Crippen LogP contribution in [-0.2, 0) is 22.5 Å². The second kappa shape index (κ2) is 8.72. The molecule has 0 saturated carbocycles. The minimum atomic E-state index is -0.468. The third-order valence-corrected chi connectivity index (χ3v) is 3.64. The molecule has 2 aromatic rings. The number of carbonyl (C=O) groups is 2. The second-order valence-corrected chi connectivity index (χ2v) is 5.29. The molecule has 0 unspecified atom stereocenters. The molecule has 24 heavy (non-hydrogen) atoms. The van der Waals surface area contributed by atoms with E-state index >= 15 is 0 Å². The molecule has 1 amide bonds. The van der Waals surface area contributed by atoms with E-state index in [1.165, 1.54) is 14.2 Å². The Balaban J connectivity index is 1.91. The number of carbonyl (C=O) groups excluding carboxylic acids is 2. The van der Waals surface area contributed by atoms with Gasteiger partial charge in [0, 0.05) is 13.0 Å². The van der Waals surface area contributed by atoms with E-state index in [1.807, 2.05) is 36.4 Å². The first kappa shape index (κ1) is 17.5. The highest BCUT2D eigenvalue weighted by atomic mass is 16.5. The van der Waals surface area contributed by atoms with Crippen LogP contribution in [0.4, 0.5) is 0 Å². The van der Waals surface area contributed by atoms with Crippen molar-refractivity contribution in [3.63, 3.8) is 0 Å². The monoisotopic (exact) mass is 327 g/mol. The number of methoxy groups -OCH3 is 2. The maximum Gasteiger partial charge on any atom is 0.341 e. The van der Waals surface area contributed by atoms with Crippen molar-refractivity contribution in [3.8, 4) is 5.75 Å². The normalized spacial score (nSPS) is 10.1. The fourth-order valence-corrected chi connectivity index (χ4v) is 2.33. The van der Waals surface area contributed by atoms with E-state index in [-0.39, 0.29) is 5.91 Å². The lowest BCUT2D eigenvalue weighted by molar-refractivity contribution is -0.121. The second-order valence-electron chi connectivity index (χ2n) is 5.29. The lowest BCUT2D eigenvalue weighted by Crippen LogP contribution is -2.23. The van der Waals surface area contributed by atoms with Gasteiger partial charge in [-0.2, -0.15) is 0 Å². The number of hydrogen-bond acceptors (Lipinski definition) is 4. The summed E-state index contributed by atoms with van der Waals surface area (Å²) in [6.45, 7) is 0.349. The van der Waals surface area contributed by atoms with Gasteiger partial charge in [-0.1, -0.05) is 36.4 Å². The van der Waals surface area contributed by atoms with Gasteiger partial charge in [0.15, 0.2) is 0 Å². The highest BCUT2D eigenvalue weighted by molar-refractivity contribution is 5.92. The molecule has 1 N–H and O–H groups in total. The molecule has 0 aliphatic rings. The molecular formula is C19H21NO4.